The number of hydrogen-bond donors (Lipinski definition) is 0. The average Bonchev–Trinajstić information content (AvgIpc) is 2.55. The molecule has 0 aliphatic heterocycles. The second-order valence-electron chi connectivity index (χ2n) is 7.34. The predicted octanol–water partition coefficient (Wildman–Crippen LogP) is 5.72. The van der Waals surface area contributed by atoms with E-state index in [4.69, 9.17) is 0 Å². The van der Waals surface area contributed by atoms with E-state index in [0.717, 1.165) is 25.7 Å². The molecule has 0 radical (unpaired) electrons. The maximum absolute atomic E-state index is 12.3. The van der Waals surface area contributed by atoms with Gasteiger partial charge in [0.1, 0.15) is 5.78 Å². The largest absolute Gasteiger partial charge is 0.299 e. The van der Waals surface area contributed by atoms with E-state index in [0.29, 0.717) is 0 Å². The number of carbonyl (C=O) groups excluding carboxylic acids is 1. The SMILES string of the molecule is CCCCCCCCCCCCS(=O)(=O)C(C)CC(=O)C(C)CC. The summed E-state index contributed by atoms with van der Waals surface area (Å²) in [7, 11) is -3.13. The molecule has 0 spiro atoms. The Morgan fingerprint density at radius 3 is 1.71 bits per heavy atom. The Hall–Kier alpha value is -0.380. The first-order valence-corrected chi connectivity index (χ1v) is 11.8. The summed E-state index contributed by atoms with van der Waals surface area (Å²) in [4.78, 5) is 11.9. The van der Waals surface area contributed by atoms with Gasteiger partial charge in [-0.1, -0.05) is 78.6 Å². The van der Waals surface area contributed by atoms with E-state index in [-0.39, 0.29) is 23.9 Å². The minimum absolute atomic E-state index is 0.0278. The zero-order valence-corrected chi connectivity index (χ0v) is 17.3. The summed E-state index contributed by atoms with van der Waals surface area (Å²) in [6, 6.07) is 0. The van der Waals surface area contributed by atoms with Crippen molar-refractivity contribution >= 4 is 15.6 Å². The van der Waals surface area contributed by atoms with Crippen LogP contribution in [0.15, 0.2) is 0 Å². The molecule has 4 heteroatoms. The van der Waals surface area contributed by atoms with Crippen LogP contribution in [0.2, 0.25) is 0 Å². The first kappa shape index (κ1) is 23.6. The average molecular weight is 361 g/mol. The van der Waals surface area contributed by atoms with E-state index >= 15 is 0 Å². The molecule has 2 atom stereocenters. The Bertz CT molecular complexity index is 415. The molecule has 0 saturated heterocycles. The lowest BCUT2D eigenvalue weighted by Crippen LogP contribution is -2.26. The lowest BCUT2D eigenvalue weighted by Gasteiger charge is -2.14. The zero-order valence-electron chi connectivity index (χ0n) is 16.5. The van der Waals surface area contributed by atoms with Gasteiger partial charge in [0.15, 0.2) is 9.84 Å². The fourth-order valence-electron chi connectivity index (χ4n) is 2.83. The van der Waals surface area contributed by atoms with Gasteiger partial charge < -0.3 is 0 Å². The van der Waals surface area contributed by atoms with Crippen LogP contribution in [-0.4, -0.2) is 25.2 Å². The molecule has 0 aromatic rings. The van der Waals surface area contributed by atoms with Gasteiger partial charge >= 0.3 is 0 Å². The first-order valence-electron chi connectivity index (χ1n) is 10.1. The van der Waals surface area contributed by atoms with Crippen LogP contribution in [0.1, 0.15) is 105 Å². The van der Waals surface area contributed by atoms with Gasteiger partial charge in [-0.25, -0.2) is 8.42 Å². The molecule has 0 aromatic carbocycles. The second kappa shape index (κ2) is 13.9. The molecule has 0 heterocycles. The molecule has 2 unspecified atom stereocenters. The van der Waals surface area contributed by atoms with Crippen LogP contribution >= 0.6 is 0 Å². The van der Waals surface area contributed by atoms with Crippen molar-refractivity contribution in [3.8, 4) is 0 Å². The predicted molar refractivity (Wildman–Crippen MR) is 104 cm³/mol. The van der Waals surface area contributed by atoms with Crippen LogP contribution in [0, 0.1) is 5.92 Å². The molecule has 0 amide bonds. The maximum Gasteiger partial charge on any atom is 0.153 e. The molecule has 0 N–H and O–H groups in total. The molecule has 0 fully saturated rings. The highest BCUT2D eigenvalue weighted by Gasteiger charge is 2.24. The zero-order chi connectivity index (χ0) is 18.4. The van der Waals surface area contributed by atoms with Crippen molar-refractivity contribution in [1.82, 2.24) is 0 Å². The number of unbranched alkanes of at least 4 members (excludes halogenated alkanes) is 9. The van der Waals surface area contributed by atoms with Crippen molar-refractivity contribution in [2.24, 2.45) is 5.92 Å². The van der Waals surface area contributed by atoms with Gasteiger partial charge in [-0.15, -0.1) is 0 Å². The van der Waals surface area contributed by atoms with Crippen LogP contribution < -0.4 is 0 Å². The lowest BCUT2D eigenvalue weighted by molar-refractivity contribution is -0.122. The molecular formula is C20H40O3S. The third-order valence-corrected chi connectivity index (χ3v) is 7.30. The van der Waals surface area contributed by atoms with E-state index in [1.165, 1.54) is 44.9 Å². The van der Waals surface area contributed by atoms with E-state index in [2.05, 4.69) is 6.92 Å². The Morgan fingerprint density at radius 1 is 0.792 bits per heavy atom. The van der Waals surface area contributed by atoms with Gasteiger partial charge in [-0.2, -0.15) is 0 Å². The third-order valence-electron chi connectivity index (χ3n) is 5.05. The van der Waals surface area contributed by atoms with Crippen LogP contribution in [-0.2, 0) is 14.6 Å². The monoisotopic (exact) mass is 360 g/mol. The molecule has 3 nitrogen and oxygen atoms in total. The Balaban J connectivity index is 3.79. The van der Waals surface area contributed by atoms with Crippen molar-refractivity contribution in [2.45, 2.75) is 110 Å². The van der Waals surface area contributed by atoms with Gasteiger partial charge in [0, 0.05) is 12.3 Å². The fraction of sp³-hybridized carbons (Fsp3) is 0.950. The first-order chi connectivity index (χ1) is 11.3. The van der Waals surface area contributed by atoms with Gasteiger partial charge in [0.25, 0.3) is 0 Å². The van der Waals surface area contributed by atoms with Crippen LogP contribution in [0.25, 0.3) is 0 Å². The molecule has 0 saturated carbocycles. The summed E-state index contributed by atoms with van der Waals surface area (Å²) in [5.74, 6) is 0.287. The minimum Gasteiger partial charge on any atom is -0.299 e. The highest BCUT2D eigenvalue weighted by Crippen LogP contribution is 2.16. The molecule has 0 bridgehead atoms. The van der Waals surface area contributed by atoms with Gasteiger partial charge in [-0.3, -0.25) is 4.79 Å². The Labute approximate surface area is 150 Å². The molecule has 0 aliphatic carbocycles. The summed E-state index contributed by atoms with van der Waals surface area (Å²) in [5.41, 5.74) is 0. The third kappa shape index (κ3) is 11.2. The molecule has 24 heavy (non-hydrogen) atoms. The summed E-state index contributed by atoms with van der Waals surface area (Å²) in [6.45, 7) is 7.76. The summed E-state index contributed by atoms with van der Waals surface area (Å²) >= 11 is 0. The van der Waals surface area contributed by atoms with E-state index in [9.17, 15) is 13.2 Å². The van der Waals surface area contributed by atoms with Crippen LogP contribution in [0.3, 0.4) is 0 Å². The molecular weight excluding hydrogens is 320 g/mol. The number of Topliss-reactive ketones (excluding diaryl/α,β-unsaturated/α-hetero) is 1. The molecule has 0 aliphatic rings. The summed E-state index contributed by atoms with van der Waals surface area (Å²) in [5, 5.41) is -0.530. The number of hydrogen-bond acceptors (Lipinski definition) is 3. The van der Waals surface area contributed by atoms with Crippen molar-refractivity contribution < 1.29 is 13.2 Å². The van der Waals surface area contributed by atoms with E-state index in [1.807, 2.05) is 13.8 Å². The lowest BCUT2D eigenvalue weighted by atomic mass is 10.0. The van der Waals surface area contributed by atoms with Crippen molar-refractivity contribution in [2.75, 3.05) is 5.75 Å². The van der Waals surface area contributed by atoms with Crippen molar-refractivity contribution in [1.29, 1.82) is 0 Å². The topological polar surface area (TPSA) is 51.2 Å². The van der Waals surface area contributed by atoms with Gasteiger partial charge in [0.2, 0.25) is 0 Å². The Morgan fingerprint density at radius 2 is 1.25 bits per heavy atom. The minimum atomic E-state index is -3.13. The molecule has 0 rings (SSSR count). The highest BCUT2D eigenvalue weighted by atomic mass is 32.2. The normalized spacial score (nSPS) is 14.5. The van der Waals surface area contributed by atoms with E-state index in [1.54, 1.807) is 6.92 Å². The quantitative estimate of drug-likeness (QED) is 0.331. The summed E-state index contributed by atoms with van der Waals surface area (Å²) < 4.78 is 24.5. The van der Waals surface area contributed by atoms with Crippen LogP contribution in [0.5, 0.6) is 0 Å². The number of sulfone groups is 1. The maximum atomic E-state index is 12.3. The van der Waals surface area contributed by atoms with Crippen molar-refractivity contribution in [3.05, 3.63) is 0 Å². The number of rotatable bonds is 16. The standard InChI is InChI=1S/C20H40O3S/c1-5-7-8-9-10-11-12-13-14-15-16-24(22,23)19(4)17-20(21)18(3)6-2/h18-19H,5-17H2,1-4H3. The second-order valence-corrected chi connectivity index (χ2v) is 9.88. The molecule has 144 valence electrons. The van der Waals surface area contributed by atoms with Gasteiger partial charge in [0.05, 0.1) is 11.0 Å². The van der Waals surface area contributed by atoms with Gasteiger partial charge in [-0.05, 0) is 19.8 Å². The number of carbonyl (C=O) groups is 1. The molecule has 0 aromatic heterocycles. The fourth-order valence-corrected chi connectivity index (χ4v) is 4.26. The van der Waals surface area contributed by atoms with E-state index < -0.39 is 15.1 Å². The highest BCUT2D eigenvalue weighted by molar-refractivity contribution is 7.92. The Kier molecular flexibility index (Phi) is 13.6. The van der Waals surface area contributed by atoms with Crippen LogP contribution in [0.4, 0.5) is 0 Å². The smallest absolute Gasteiger partial charge is 0.153 e. The number of ketones is 1. The summed E-state index contributed by atoms with van der Waals surface area (Å²) in [6.07, 6.45) is 12.9. The van der Waals surface area contributed by atoms with Crippen molar-refractivity contribution in [3.63, 3.8) is 0 Å².